The summed E-state index contributed by atoms with van der Waals surface area (Å²) in [5.74, 6) is 1.16. The lowest BCUT2D eigenvalue weighted by molar-refractivity contribution is 0.0861. The third kappa shape index (κ3) is 6.13. The topological polar surface area (TPSA) is 92.7 Å². The third-order valence-electron chi connectivity index (χ3n) is 6.54. The van der Waals surface area contributed by atoms with Gasteiger partial charge in [0.05, 0.1) is 31.9 Å². The Morgan fingerprint density at radius 3 is 2.25 bits per heavy atom. The lowest BCUT2D eigenvalue weighted by Gasteiger charge is -2.17. The largest absolute Gasteiger partial charge is 0.496 e. The summed E-state index contributed by atoms with van der Waals surface area (Å²) in [6.07, 6.45) is 2.01. The molecular weight excluding hydrogens is 549 g/mol. The highest BCUT2D eigenvalue weighted by molar-refractivity contribution is 6.36. The second-order valence-corrected chi connectivity index (χ2v) is 9.57. The molecule has 0 saturated carbocycles. The van der Waals surface area contributed by atoms with E-state index >= 15 is 0 Å². The number of carbonyl (C=O) groups excluding carboxylic acids is 1. The van der Waals surface area contributed by atoms with E-state index in [1.165, 1.54) is 13.3 Å². The van der Waals surface area contributed by atoms with Crippen LogP contribution in [0.1, 0.15) is 27.0 Å². The minimum Gasteiger partial charge on any atom is -0.496 e. The number of methoxy groups -OCH3 is 2. The van der Waals surface area contributed by atoms with Crippen LogP contribution in [0.4, 0.5) is 5.69 Å². The Bertz CT molecular complexity index is 1540. The maximum absolute atomic E-state index is 11.3. The molecule has 0 unspecified atom stereocenters. The van der Waals surface area contributed by atoms with Crippen molar-refractivity contribution >= 4 is 41.4 Å². The van der Waals surface area contributed by atoms with E-state index in [4.69, 9.17) is 42.9 Å². The van der Waals surface area contributed by atoms with Crippen LogP contribution in [-0.4, -0.2) is 33.8 Å². The number of nitrogens with one attached hydrogen (secondary N) is 3. The molecule has 0 heterocycles. The number of hydroxylamine groups is 1. The van der Waals surface area contributed by atoms with Crippen molar-refractivity contribution in [2.45, 2.75) is 13.1 Å². The molecule has 0 aromatic heterocycles. The second-order valence-electron chi connectivity index (χ2n) is 8.79. The Morgan fingerprint density at radius 2 is 1.55 bits per heavy atom. The molecule has 0 bridgehead atoms. The van der Waals surface area contributed by atoms with Gasteiger partial charge in [-0.25, -0.2) is 0 Å². The third-order valence-corrected chi connectivity index (χ3v) is 7.30. The van der Waals surface area contributed by atoms with Crippen molar-refractivity contribution in [2.75, 3.05) is 26.6 Å². The van der Waals surface area contributed by atoms with Gasteiger partial charge in [-0.05, 0) is 41.0 Å². The van der Waals surface area contributed by atoms with Crippen LogP contribution in [0, 0.1) is 5.41 Å². The Labute approximate surface area is 243 Å². The highest BCUT2D eigenvalue weighted by atomic mass is 35.5. The van der Waals surface area contributed by atoms with Crippen LogP contribution in [0.3, 0.4) is 0 Å². The second kappa shape index (κ2) is 13.5. The highest BCUT2D eigenvalue weighted by Crippen LogP contribution is 2.40. The van der Waals surface area contributed by atoms with Gasteiger partial charge < -0.3 is 25.0 Å². The number of benzene rings is 4. The molecule has 0 radical (unpaired) electrons. The summed E-state index contributed by atoms with van der Waals surface area (Å²) in [6.45, 7) is 0.853. The lowest BCUT2D eigenvalue weighted by Crippen LogP contribution is -2.11. The van der Waals surface area contributed by atoms with Crippen molar-refractivity contribution in [3.63, 3.8) is 0 Å². The van der Waals surface area contributed by atoms with Gasteiger partial charge in [0.2, 0.25) is 0 Å². The van der Waals surface area contributed by atoms with Crippen LogP contribution in [-0.2, 0) is 17.9 Å². The molecule has 0 atom stereocenters. The van der Waals surface area contributed by atoms with Gasteiger partial charge in [-0.1, -0.05) is 65.7 Å². The van der Waals surface area contributed by atoms with Crippen molar-refractivity contribution in [3.8, 4) is 33.8 Å². The normalized spacial score (nSPS) is 10.7. The van der Waals surface area contributed by atoms with Crippen molar-refractivity contribution < 1.29 is 19.1 Å². The first kappa shape index (κ1) is 29.1. The first-order chi connectivity index (χ1) is 19.4. The van der Waals surface area contributed by atoms with Gasteiger partial charge in [0.1, 0.15) is 11.5 Å². The van der Waals surface area contributed by atoms with Crippen LogP contribution in [0.5, 0.6) is 11.5 Å². The predicted molar refractivity (Wildman–Crippen MR) is 161 cm³/mol. The molecule has 0 aliphatic heterocycles. The average molecular weight is 578 g/mol. The Morgan fingerprint density at radius 1 is 0.825 bits per heavy atom. The van der Waals surface area contributed by atoms with Gasteiger partial charge in [0, 0.05) is 52.3 Å². The molecule has 4 aromatic rings. The van der Waals surface area contributed by atoms with E-state index in [0.29, 0.717) is 52.0 Å². The smallest absolute Gasteiger partial charge is 0.153 e. The Hall–Kier alpha value is -3.88. The minimum atomic E-state index is 0.358. The number of rotatable bonds is 12. The number of ether oxygens (including phenoxy) is 2. The maximum Gasteiger partial charge on any atom is 0.153 e. The molecule has 0 saturated heterocycles. The van der Waals surface area contributed by atoms with Gasteiger partial charge >= 0.3 is 0 Å². The summed E-state index contributed by atoms with van der Waals surface area (Å²) in [6, 6.07) is 20.8. The van der Waals surface area contributed by atoms with Crippen molar-refractivity contribution in [1.29, 1.82) is 5.41 Å². The van der Waals surface area contributed by atoms with Crippen molar-refractivity contribution in [3.05, 3.63) is 99.0 Å². The van der Waals surface area contributed by atoms with E-state index in [9.17, 15) is 4.79 Å². The molecule has 0 fully saturated rings. The molecule has 9 heteroatoms. The summed E-state index contributed by atoms with van der Waals surface area (Å²) in [5.41, 5.74) is 9.66. The van der Waals surface area contributed by atoms with Crippen LogP contribution in [0.15, 0.2) is 66.7 Å². The zero-order valence-electron chi connectivity index (χ0n) is 22.3. The number of hydrogen-bond acceptors (Lipinski definition) is 7. The minimum absolute atomic E-state index is 0.358. The molecule has 0 aliphatic carbocycles. The van der Waals surface area contributed by atoms with Gasteiger partial charge in [-0.2, -0.15) is 5.48 Å². The molecule has 4 aromatic carbocycles. The standard InChI is InChI=1S/C31H29Cl2N3O4/c1-38-29-13-19(10-11-20(29)17-36-40-3)23-6-4-8-25(31(23)33)24-7-5-9-28(26(24)15-34)35-16-21-14-30(39-2)22(18-37)12-27(21)32/h4-15,18,34-36H,16-17H2,1-3H3. The van der Waals surface area contributed by atoms with Gasteiger partial charge in [0.25, 0.3) is 0 Å². The number of carbonyl (C=O) groups is 1. The number of halogens is 2. The monoisotopic (exact) mass is 577 g/mol. The first-order valence-corrected chi connectivity index (χ1v) is 13.1. The van der Waals surface area contributed by atoms with Crippen LogP contribution < -0.4 is 20.3 Å². The molecule has 40 heavy (non-hydrogen) atoms. The van der Waals surface area contributed by atoms with Gasteiger partial charge in [0.15, 0.2) is 6.29 Å². The maximum atomic E-state index is 11.3. The lowest BCUT2D eigenvalue weighted by atomic mass is 9.94. The van der Waals surface area contributed by atoms with Crippen LogP contribution >= 0.6 is 23.2 Å². The zero-order chi connectivity index (χ0) is 28.6. The summed E-state index contributed by atoms with van der Waals surface area (Å²) in [5, 5.41) is 12.6. The highest BCUT2D eigenvalue weighted by Gasteiger charge is 2.16. The number of hydrogen-bond donors (Lipinski definition) is 3. The zero-order valence-corrected chi connectivity index (χ0v) is 23.8. The molecular formula is C31H29Cl2N3O4. The van der Waals surface area contributed by atoms with E-state index in [1.807, 2.05) is 54.6 Å². The molecule has 0 amide bonds. The van der Waals surface area contributed by atoms with E-state index in [0.717, 1.165) is 39.1 Å². The van der Waals surface area contributed by atoms with Gasteiger partial charge in [-0.15, -0.1) is 0 Å². The van der Waals surface area contributed by atoms with Gasteiger partial charge in [-0.3, -0.25) is 4.79 Å². The van der Waals surface area contributed by atoms with E-state index in [1.54, 1.807) is 26.4 Å². The molecule has 4 rings (SSSR count). The summed E-state index contributed by atoms with van der Waals surface area (Å²) < 4.78 is 10.9. The molecule has 206 valence electrons. The van der Waals surface area contributed by atoms with E-state index in [-0.39, 0.29) is 0 Å². The predicted octanol–water partition coefficient (Wildman–Crippen LogP) is 7.42. The van der Waals surface area contributed by atoms with Crippen LogP contribution in [0.25, 0.3) is 22.3 Å². The van der Waals surface area contributed by atoms with E-state index in [2.05, 4.69) is 10.8 Å². The summed E-state index contributed by atoms with van der Waals surface area (Å²) >= 11 is 13.4. The summed E-state index contributed by atoms with van der Waals surface area (Å²) in [7, 11) is 4.70. The Balaban J connectivity index is 1.69. The molecule has 0 aliphatic rings. The Kier molecular flexibility index (Phi) is 9.79. The number of aldehydes is 1. The molecule has 0 spiro atoms. The fourth-order valence-corrected chi connectivity index (χ4v) is 5.06. The van der Waals surface area contributed by atoms with Crippen molar-refractivity contribution in [1.82, 2.24) is 5.48 Å². The SMILES string of the molecule is CONCc1ccc(-c2cccc(-c3cccc(NCc4cc(OC)c(C=O)cc4Cl)c3C=N)c2Cl)cc1OC. The molecule has 3 N–H and O–H groups in total. The average Bonchev–Trinajstić information content (AvgIpc) is 2.99. The molecule has 7 nitrogen and oxygen atoms in total. The summed E-state index contributed by atoms with van der Waals surface area (Å²) in [4.78, 5) is 16.3. The van der Waals surface area contributed by atoms with E-state index < -0.39 is 0 Å². The van der Waals surface area contributed by atoms with Crippen molar-refractivity contribution in [2.24, 2.45) is 0 Å². The quantitative estimate of drug-likeness (QED) is 0.0921. The fourth-order valence-electron chi connectivity index (χ4n) is 4.49. The fraction of sp³-hybridized carbons (Fsp3) is 0.161. The number of anilines is 1. The van der Waals surface area contributed by atoms with Crippen LogP contribution in [0.2, 0.25) is 10.0 Å². The first-order valence-electron chi connectivity index (χ1n) is 12.4.